The first-order valence-corrected chi connectivity index (χ1v) is 6.87. The Morgan fingerprint density at radius 3 is 2.95 bits per heavy atom. The van der Waals surface area contributed by atoms with Gasteiger partial charge in [0, 0.05) is 12.2 Å². The Hall–Kier alpha value is -2.28. The number of morpholine rings is 1. The molecule has 0 bridgehead atoms. The molecule has 7 heteroatoms. The number of nitrogens with zero attached hydrogens (tertiary/aromatic N) is 4. The number of H-pyrrole nitrogens is 1. The van der Waals surface area contributed by atoms with Crippen molar-refractivity contribution in [3.8, 4) is 0 Å². The molecule has 0 radical (unpaired) electrons. The summed E-state index contributed by atoms with van der Waals surface area (Å²) in [4.78, 5) is 22.8. The highest BCUT2D eigenvalue weighted by atomic mass is 16.5. The van der Waals surface area contributed by atoms with Crippen molar-refractivity contribution in [2.45, 2.75) is 20.0 Å². The summed E-state index contributed by atoms with van der Waals surface area (Å²) in [5.74, 6) is 1.24. The number of ether oxygens (including phenoxy) is 1. The number of aromatic nitrogens is 4. The molecule has 0 unspecified atom stereocenters. The Balaban J connectivity index is 1.75. The molecule has 0 spiro atoms. The molecule has 1 saturated heterocycles. The highest BCUT2D eigenvalue weighted by Crippen LogP contribution is 2.20. The summed E-state index contributed by atoms with van der Waals surface area (Å²) in [5.41, 5.74) is 1.29. The van der Waals surface area contributed by atoms with Gasteiger partial charge in [0.15, 0.2) is 5.82 Å². The summed E-state index contributed by atoms with van der Waals surface area (Å²) in [7, 11) is 0. The van der Waals surface area contributed by atoms with Crippen LogP contribution in [0.1, 0.15) is 33.9 Å². The first-order valence-electron chi connectivity index (χ1n) is 6.87. The average molecular weight is 287 g/mol. The van der Waals surface area contributed by atoms with Crippen molar-refractivity contribution in [2.75, 3.05) is 19.7 Å². The Bertz CT molecular complexity index is 654. The van der Waals surface area contributed by atoms with Gasteiger partial charge in [-0.1, -0.05) is 6.07 Å². The molecular formula is C14H17N5O2. The van der Waals surface area contributed by atoms with Gasteiger partial charge in [0.25, 0.3) is 5.91 Å². The molecule has 2 aromatic heterocycles. The van der Waals surface area contributed by atoms with Gasteiger partial charge in [0.1, 0.15) is 17.6 Å². The third-order valence-corrected chi connectivity index (χ3v) is 3.36. The molecule has 1 N–H and O–H groups in total. The van der Waals surface area contributed by atoms with Crippen LogP contribution in [-0.4, -0.2) is 50.7 Å². The summed E-state index contributed by atoms with van der Waals surface area (Å²) < 4.78 is 5.66. The highest BCUT2D eigenvalue weighted by Gasteiger charge is 2.28. The van der Waals surface area contributed by atoms with E-state index in [1.165, 1.54) is 0 Å². The second-order valence-electron chi connectivity index (χ2n) is 5.05. The van der Waals surface area contributed by atoms with Crippen molar-refractivity contribution in [1.29, 1.82) is 0 Å². The Morgan fingerprint density at radius 1 is 1.38 bits per heavy atom. The lowest BCUT2D eigenvalue weighted by Gasteiger charge is -2.31. The first kappa shape index (κ1) is 13.7. The Labute approximate surface area is 122 Å². The number of aromatic amines is 1. The molecule has 1 aliphatic heterocycles. The van der Waals surface area contributed by atoms with Gasteiger partial charge in [0.2, 0.25) is 0 Å². The molecule has 2 aromatic rings. The molecule has 1 fully saturated rings. The van der Waals surface area contributed by atoms with Crippen molar-refractivity contribution in [2.24, 2.45) is 0 Å². The van der Waals surface area contributed by atoms with E-state index in [4.69, 9.17) is 4.74 Å². The summed E-state index contributed by atoms with van der Waals surface area (Å²) in [5, 5.41) is 6.90. The smallest absolute Gasteiger partial charge is 0.272 e. The maximum atomic E-state index is 12.5. The average Bonchev–Trinajstić information content (AvgIpc) is 2.93. The second-order valence-corrected chi connectivity index (χ2v) is 5.05. The van der Waals surface area contributed by atoms with Crippen LogP contribution in [0.2, 0.25) is 0 Å². The fourth-order valence-corrected chi connectivity index (χ4v) is 2.32. The minimum atomic E-state index is -0.294. The van der Waals surface area contributed by atoms with E-state index in [1.807, 2.05) is 26.0 Å². The van der Waals surface area contributed by atoms with Gasteiger partial charge in [0.05, 0.1) is 13.2 Å². The van der Waals surface area contributed by atoms with Crippen LogP contribution in [-0.2, 0) is 4.74 Å². The van der Waals surface area contributed by atoms with Crippen LogP contribution in [0, 0.1) is 13.8 Å². The van der Waals surface area contributed by atoms with Crippen molar-refractivity contribution in [1.82, 2.24) is 25.1 Å². The van der Waals surface area contributed by atoms with E-state index < -0.39 is 0 Å². The van der Waals surface area contributed by atoms with E-state index in [2.05, 4.69) is 20.2 Å². The summed E-state index contributed by atoms with van der Waals surface area (Å²) >= 11 is 0. The Morgan fingerprint density at radius 2 is 2.24 bits per heavy atom. The third kappa shape index (κ3) is 2.92. The zero-order valence-electron chi connectivity index (χ0n) is 12.0. The number of pyridine rings is 1. The number of carbonyl (C=O) groups excluding carboxylic acids is 1. The van der Waals surface area contributed by atoms with Gasteiger partial charge in [-0.15, -0.1) is 0 Å². The number of amides is 1. The first-order chi connectivity index (χ1) is 10.1. The minimum absolute atomic E-state index is 0.0840. The molecule has 21 heavy (non-hydrogen) atoms. The lowest BCUT2D eigenvalue weighted by atomic mass is 10.2. The van der Waals surface area contributed by atoms with E-state index >= 15 is 0 Å². The van der Waals surface area contributed by atoms with Gasteiger partial charge in [-0.25, -0.2) is 9.97 Å². The number of rotatable bonds is 2. The largest absolute Gasteiger partial charge is 0.366 e. The second kappa shape index (κ2) is 5.61. The normalized spacial score (nSPS) is 18.8. The number of hydrogen-bond donors (Lipinski definition) is 1. The van der Waals surface area contributed by atoms with Crippen LogP contribution < -0.4 is 0 Å². The van der Waals surface area contributed by atoms with Gasteiger partial charge in [-0.05, 0) is 26.0 Å². The highest BCUT2D eigenvalue weighted by molar-refractivity contribution is 5.92. The maximum absolute atomic E-state index is 12.5. The van der Waals surface area contributed by atoms with Gasteiger partial charge in [-0.2, -0.15) is 5.10 Å². The van der Waals surface area contributed by atoms with E-state index in [-0.39, 0.29) is 12.0 Å². The van der Waals surface area contributed by atoms with Crippen LogP contribution in [0.3, 0.4) is 0 Å². The van der Waals surface area contributed by atoms with E-state index in [9.17, 15) is 4.79 Å². The van der Waals surface area contributed by atoms with Gasteiger partial charge >= 0.3 is 0 Å². The molecule has 3 heterocycles. The van der Waals surface area contributed by atoms with E-state index in [0.717, 1.165) is 11.5 Å². The molecule has 1 aliphatic rings. The molecule has 1 amide bonds. The zero-order chi connectivity index (χ0) is 14.8. The van der Waals surface area contributed by atoms with Crippen LogP contribution in [0.25, 0.3) is 0 Å². The molecule has 0 aliphatic carbocycles. The molecular weight excluding hydrogens is 270 g/mol. The third-order valence-electron chi connectivity index (χ3n) is 3.36. The summed E-state index contributed by atoms with van der Waals surface area (Å²) in [6, 6.07) is 5.44. The number of hydrogen-bond acceptors (Lipinski definition) is 5. The topological polar surface area (TPSA) is 84.0 Å². The van der Waals surface area contributed by atoms with Crippen molar-refractivity contribution in [3.05, 3.63) is 41.2 Å². The number of carbonyl (C=O) groups is 1. The molecule has 1 atom stereocenters. The van der Waals surface area contributed by atoms with Gasteiger partial charge < -0.3 is 9.64 Å². The van der Waals surface area contributed by atoms with E-state index in [0.29, 0.717) is 31.2 Å². The monoisotopic (exact) mass is 287 g/mol. The standard InChI is InChI=1S/C14H17N5O2/c1-9-4-3-5-11(15-9)14(20)19-6-7-21-12(8-19)13-16-10(2)17-18-13/h3-5,12H,6-8H2,1-2H3,(H,16,17,18)/t12-/m1/s1. The van der Waals surface area contributed by atoms with E-state index in [1.54, 1.807) is 11.0 Å². The molecule has 0 aromatic carbocycles. The SMILES string of the molecule is Cc1cccc(C(=O)N2CCO[C@@H](c3n[nH]c(C)n3)C2)n1. The molecule has 110 valence electrons. The predicted octanol–water partition coefficient (Wildman–Crippen LogP) is 1.03. The quantitative estimate of drug-likeness (QED) is 0.892. The zero-order valence-corrected chi connectivity index (χ0v) is 12.0. The van der Waals surface area contributed by atoms with Crippen molar-refractivity contribution in [3.63, 3.8) is 0 Å². The summed E-state index contributed by atoms with van der Waals surface area (Å²) in [6.45, 7) is 5.16. The van der Waals surface area contributed by atoms with Crippen molar-refractivity contribution < 1.29 is 9.53 Å². The Kier molecular flexibility index (Phi) is 3.66. The molecule has 7 nitrogen and oxygen atoms in total. The minimum Gasteiger partial charge on any atom is -0.366 e. The lowest BCUT2D eigenvalue weighted by Crippen LogP contribution is -2.42. The number of aryl methyl sites for hydroxylation is 2. The van der Waals surface area contributed by atoms with Crippen molar-refractivity contribution >= 4 is 5.91 Å². The van der Waals surface area contributed by atoms with Crippen LogP contribution >= 0.6 is 0 Å². The van der Waals surface area contributed by atoms with Crippen LogP contribution in [0.5, 0.6) is 0 Å². The van der Waals surface area contributed by atoms with Crippen LogP contribution in [0.15, 0.2) is 18.2 Å². The molecule has 3 rings (SSSR count). The fraction of sp³-hybridized carbons (Fsp3) is 0.429. The summed E-state index contributed by atoms with van der Waals surface area (Å²) in [6.07, 6.45) is -0.294. The van der Waals surface area contributed by atoms with Gasteiger partial charge in [-0.3, -0.25) is 9.89 Å². The molecule has 0 saturated carbocycles. The fourth-order valence-electron chi connectivity index (χ4n) is 2.32. The number of nitrogens with one attached hydrogen (secondary N) is 1. The lowest BCUT2D eigenvalue weighted by molar-refractivity contribution is -0.0268. The maximum Gasteiger partial charge on any atom is 0.272 e. The predicted molar refractivity (Wildman–Crippen MR) is 74.7 cm³/mol. The van der Waals surface area contributed by atoms with Crippen LogP contribution in [0.4, 0.5) is 0 Å².